The Morgan fingerprint density at radius 3 is 1.69 bits per heavy atom. The fourth-order valence-electron chi connectivity index (χ4n) is 4.84. The van der Waals surface area contributed by atoms with Gasteiger partial charge in [0.15, 0.2) is 0 Å². The Morgan fingerprint density at radius 2 is 1.17 bits per heavy atom. The van der Waals surface area contributed by atoms with Gasteiger partial charge in [-0.25, -0.2) is 14.4 Å². The lowest BCUT2D eigenvalue weighted by molar-refractivity contribution is -0.138. The molecule has 274 valence electrons. The number of hydrogen-bond acceptors (Lipinski definition) is 12. The van der Waals surface area contributed by atoms with Crippen LogP contribution < -0.4 is 18.9 Å². The van der Waals surface area contributed by atoms with Crippen LogP contribution in [0.4, 0.5) is 0 Å². The maximum absolute atomic E-state index is 12.8. The highest BCUT2D eigenvalue weighted by Crippen LogP contribution is 2.41. The fourth-order valence-corrected chi connectivity index (χ4v) is 4.84. The highest BCUT2D eigenvalue weighted by molar-refractivity contribution is 5.91. The molecule has 4 rings (SSSR count). The van der Waals surface area contributed by atoms with Crippen molar-refractivity contribution in [2.45, 2.75) is 70.7 Å². The van der Waals surface area contributed by atoms with Crippen molar-refractivity contribution >= 4 is 29.8 Å². The second-order valence-corrected chi connectivity index (χ2v) is 11.8. The average molecular weight is 715 g/mol. The first-order valence-electron chi connectivity index (χ1n) is 17.0. The third kappa shape index (κ3) is 13.2. The number of esters is 5. The van der Waals surface area contributed by atoms with Crippen LogP contribution in [0.2, 0.25) is 0 Å². The van der Waals surface area contributed by atoms with E-state index in [2.05, 4.69) is 13.2 Å². The lowest BCUT2D eigenvalue weighted by Crippen LogP contribution is -2.10. The van der Waals surface area contributed by atoms with E-state index in [-0.39, 0.29) is 37.1 Å². The van der Waals surface area contributed by atoms with Gasteiger partial charge in [0.25, 0.3) is 0 Å². The van der Waals surface area contributed by atoms with Crippen LogP contribution in [0.3, 0.4) is 0 Å². The van der Waals surface area contributed by atoms with Crippen molar-refractivity contribution < 1.29 is 57.1 Å². The van der Waals surface area contributed by atoms with E-state index in [4.69, 9.17) is 33.2 Å². The van der Waals surface area contributed by atoms with Crippen molar-refractivity contribution in [2.75, 3.05) is 13.2 Å². The van der Waals surface area contributed by atoms with Gasteiger partial charge in [-0.2, -0.15) is 0 Å². The number of carbonyl (C=O) groups excluding carboxylic acids is 5. The normalized spacial score (nSPS) is 14.3. The molecular weight excluding hydrogens is 672 g/mol. The molecule has 3 aromatic rings. The van der Waals surface area contributed by atoms with E-state index in [0.29, 0.717) is 67.3 Å². The average Bonchev–Trinajstić information content (AvgIpc) is 3.91. The molecular formula is C40H42O12. The molecule has 2 unspecified atom stereocenters. The summed E-state index contributed by atoms with van der Waals surface area (Å²) in [5.74, 6) is -0.609. The number of rotatable bonds is 21. The van der Waals surface area contributed by atoms with Crippen LogP contribution in [-0.2, 0) is 33.4 Å². The molecule has 12 heteroatoms. The van der Waals surface area contributed by atoms with Gasteiger partial charge in [-0.05, 0) is 111 Å². The summed E-state index contributed by atoms with van der Waals surface area (Å²) in [6.07, 6.45) is 5.82. The van der Waals surface area contributed by atoms with Gasteiger partial charge in [0.1, 0.15) is 29.1 Å². The maximum atomic E-state index is 12.8. The first kappa shape index (κ1) is 39.0. The van der Waals surface area contributed by atoms with E-state index in [1.54, 1.807) is 37.3 Å². The predicted molar refractivity (Wildman–Crippen MR) is 188 cm³/mol. The second-order valence-electron chi connectivity index (χ2n) is 11.8. The molecule has 0 aromatic heterocycles. The summed E-state index contributed by atoms with van der Waals surface area (Å²) >= 11 is 0. The third-order valence-electron chi connectivity index (χ3n) is 7.69. The molecule has 0 N–H and O–H groups in total. The van der Waals surface area contributed by atoms with Crippen molar-refractivity contribution in [3.05, 3.63) is 109 Å². The van der Waals surface area contributed by atoms with Crippen molar-refractivity contribution in [1.82, 2.24) is 0 Å². The molecule has 0 amide bonds. The Morgan fingerprint density at radius 1 is 0.654 bits per heavy atom. The van der Waals surface area contributed by atoms with Gasteiger partial charge in [-0.3, -0.25) is 9.59 Å². The van der Waals surface area contributed by atoms with Crippen molar-refractivity contribution in [3.8, 4) is 23.0 Å². The molecule has 1 fully saturated rings. The van der Waals surface area contributed by atoms with Gasteiger partial charge in [0.2, 0.25) is 6.29 Å². The smallest absolute Gasteiger partial charge is 0.343 e. The van der Waals surface area contributed by atoms with Crippen LogP contribution in [0.15, 0.2) is 92.0 Å². The molecule has 0 bridgehead atoms. The molecule has 3 aromatic carbocycles. The summed E-state index contributed by atoms with van der Waals surface area (Å²) in [6, 6.07) is 18.2. The van der Waals surface area contributed by atoms with E-state index in [1.165, 1.54) is 24.3 Å². The molecule has 0 spiro atoms. The summed E-state index contributed by atoms with van der Waals surface area (Å²) < 4.78 is 37.8. The monoisotopic (exact) mass is 714 g/mol. The van der Waals surface area contributed by atoms with Crippen molar-refractivity contribution in [2.24, 2.45) is 0 Å². The fraction of sp³-hybridized carbons (Fsp3) is 0.325. The van der Waals surface area contributed by atoms with Crippen LogP contribution >= 0.6 is 0 Å². The Kier molecular flexibility index (Phi) is 15.2. The first-order valence-corrected chi connectivity index (χ1v) is 17.0. The summed E-state index contributed by atoms with van der Waals surface area (Å²) in [5.41, 5.74) is 1.82. The molecule has 0 saturated carbocycles. The zero-order chi connectivity index (χ0) is 37.3. The van der Waals surface area contributed by atoms with Gasteiger partial charge >= 0.3 is 29.8 Å². The number of ether oxygens (including phenoxy) is 7. The highest BCUT2D eigenvalue weighted by atomic mass is 16.8. The molecule has 0 radical (unpaired) electrons. The largest absolute Gasteiger partial charge is 0.463 e. The number of aryl methyl sites for hydroxylation is 1. The van der Waals surface area contributed by atoms with E-state index in [9.17, 15) is 24.0 Å². The molecule has 1 saturated heterocycles. The molecule has 1 heterocycles. The molecule has 0 aliphatic carbocycles. The first-order chi connectivity index (χ1) is 25.1. The Labute approximate surface area is 302 Å². The number of hydrogen-bond donors (Lipinski definition) is 0. The van der Waals surface area contributed by atoms with Crippen molar-refractivity contribution in [3.63, 3.8) is 0 Å². The topological polar surface area (TPSA) is 153 Å². The molecule has 12 nitrogen and oxygen atoms in total. The second kappa shape index (κ2) is 20.2. The van der Waals surface area contributed by atoms with Crippen LogP contribution in [0.25, 0.3) is 0 Å². The van der Waals surface area contributed by atoms with Crippen LogP contribution in [-0.4, -0.2) is 49.4 Å². The van der Waals surface area contributed by atoms with Crippen LogP contribution in [0.1, 0.15) is 79.0 Å². The van der Waals surface area contributed by atoms with E-state index < -0.39 is 30.2 Å². The summed E-state index contributed by atoms with van der Waals surface area (Å²) in [4.78, 5) is 59.1. The number of carbonyl (C=O) groups is 5. The maximum Gasteiger partial charge on any atom is 0.343 e. The molecule has 1 aliphatic heterocycles. The minimum absolute atomic E-state index is 0.209. The van der Waals surface area contributed by atoms with E-state index in [0.717, 1.165) is 24.1 Å². The Hall–Kier alpha value is -5.75. The van der Waals surface area contributed by atoms with Crippen LogP contribution in [0, 0.1) is 6.92 Å². The number of unbranched alkanes of at least 4 members (excludes halogenated alkanes) is 4. The Balaban J connectivity index is 1.14. The quantitative estimate of drug-likeness (QED) is 0.0364. The molecule has 1 aliphatic rings. The van der Waals surface area contributed by atoms with E-state index >= 15 is 0 Å². The van der Waals surface area contributed by atoms with E-state index in [1.807, 2.05) is 12.1 Å². The van der Waals surface area contributed by atoms with Gasteiger partial charge in [0, 0.05) is 25.0 Å². The zero-order valence-electron chi connectivity index (χ0n) is 29.0. The number of benzene rings is 3. The lowest BCUT2D eigenvalue weighted by atomic mass is 10.1. The minimum atomic E-state index is -0.574. The lowest BCUT2D eigenvalue weighted by Gasteiger charge is -2.10. The summed E-state index contributed by atoms with van der Waals surface area (Å²) in [5, 5.41) is 0. The summed E-state index contributed by atoms with van der Waals surface area (Å²) in [7, 11) is 0. The van der Waals surface area contributed by atoms with Gasteiger partial charge in [0.05, 0.1) is 18.8 Å². The predicted octanol–water partition coefficient (Wildman–Crippen LogP) is 7.08. The van der Waals surface area contributed by atoms with Gasteiger partial charge in [-0.1, -0.05) is 25.3 Å². The van der Waals surface area contributed by atoms with Crippen molar-refractivity contribution in [1.29, 1.82) is 0 Å². The Bertz CT molecular complexity index is 1710. The standard InChI is InChI=1S/C40H42O12/c1-4-34(41)46-24-10-6-8-12-36(43)48-30-18-14-28(15-19-30)38-40(52-38)50-32-22-23-33(27(3)26-32)51-39(45)29-16-20-31(21-17-29)49-37(44)13-9-7-11-25-47-35(42)5-2/h4-5,14-23,26,38,40H,1-2,6-13,24-25H2,3H3. The highest BCUT2D eigenvalue weighted by Gasteiger charge is 2.43. The van der Waals surface area contributed by atoms with Crippen LogP contribution in [0.5, 0.6) is 23.0 Å². The SMILES string of the molecule is C=CC(=O)OCCCCCC(=O)Oc1ccc(C(=O)Oc2ccc(OC3OC3c3ccc(OC(=O)CCCCCOC(=O)C=C)cc3)cc2C)cc1. The zero-order valence-corrected chi connectivity index (χ0v) is 29.0. The number of epoxide rings is 1. The minimum Gasteiger partial charge on any atom is -0.463 e. The summed E-state index contributed by atoms with van der Waals surface area (Å²) in [6.45, 7) is 9.02. The van der Waals surface area contributed by atoms with Gasteiger partial charge in [-0.15, -0.1) is 0 Å². The third-order valence-corrected chi connectivity index (χ3v) is 7.69. The molecule has 2 atom stereocenters. The molecule has 52 heavy (non-hydrogen) atoms. The van der Waals surface area contributed by atoms with Gasteiger partial charge < -0.3 is 33.2 Å².